The molecule has 2 bridgehead atoms. The van der Waals surface area contributed by atoms with Crippen molar-refractivity contribution in [2.75, 3.05) is 0 Å². The lowest BCUT2D eigenvalue weighted by molar-refractivity contribution is -0.140. The number of rotatable bonds is 5. The molecule has 2 aromatic rings. The summed E-state index contributed by atoms with van der Waals surface area (Å²) in [5.74, 6) is 0.315. The second-order valence-corrected chi connectivity index (χ2v) is 10.7. The third-order valence-corrected chi connectivity index (χ3v) is 8.09. The smallest absolute Gasteiger partial charge is 0.254 e. The van der Waals surface area contributed by atoms with Gasteiger partial charge in [0.15, 0.2) is 0 Å². The fourth-order valence-electron chi connectivity index (χ4n) is 4.68. The first-order valence-corrected chi connectivity index (χ1v) is 12.4. The lowest BCUT2D eigenvalue weighted by Gasteiger charge is -2.13. The first-order chi connectivity index (χ1) is 14.9. The van der Waals surface area contributed by atoms with Crippen LogP contribution < -0.4 is 4.74 Å². The molecule has 4 atom stereocenters. The zero-order valence-corrected chi connectivity index (χ0v) is 21.2. The SMILES string of the molecule is O=C1[C@@H]2[C@H](C(=O)N1/N=C\c1cc(I)c(OCc3ccccc3Cl)c(I)c1)[C@H]1C=C[C@H]2C1. The Morgan fingerprint density at radius 2 is 1.68 bits per heavy atom. The van der Waals surface area contributed by atoms with Crippen LogP contribution >= 0.6 is 56.8 Å². The van der Waals surface area contributed by atoms with Gasteiger partial charge in [-0.15, -0.1) is 0 Å². The highest BCUT2D eigenvalue weighted by Gasteiger charge is 2.59. The summed E-state index contributed by atoms with van der Waals surface area (Å²) in [4.78, 5) is 25.5. The van der Waals surface area contributed by atoms with Crippen molar-refractivity contribution in [2.45, 2.75) is 13.0 Å². The monoisotopic (exact) mass is 658 g/mol. The van der Waals surface area contributed by atoms with Crippen molar-refractivity contribution in [3.63, 3.8) is 0 Å². The van der Waals surface area contributed by atoms with E-state index in [1.165, 1.54) is 0 Å². The van der Waals surface area contributed by atoms with Gasteiger partial charge in [-0.05, 0) is 87.2 Å². The normalized spacial score (nSPS) is 26.4. The van der Waals surface area contributed by atoms with E-state index in [0.29, 0.717) is 11.6 Å². The summed E-state index contributed by atoms with van der Waals surface area (Å²) in [6.07, 6.45) is 6.65. The second kappa shape index (κ2) is 8.47. The molecule has 1 saturated carbocycles. The van der Waals surface area contributed by atoms with Gasteiger partial charge in [-0.25, -0.2) is 0 Å². The van der Waals surface area contributed by atoms with Crippen LogP contribution in [-0.2, 0) is 16.2 Å². The number of hydrazone groups is 1. The molecular formula is C23H17ClI2N2O3. The maximum atomic E-state index is 12.8. The fraction of sp³-hybridized carbons (Fsp3) is 0.261. The van der Waals surface area contributed by atoms with Gasteiger partial charge in [0.2, 0.25) is 0 Å². The number of hydrogen-bond acceptors (Lipinski definition) is 4. The number of ether oxygens (including phenoxy) is 1. The molecule has 0 radical (unpaired) electrons. The number of halogens is 3. The molecule has 2 amide bonds. The Bertz CT molecular complexity index is 1100. The molecule has 0 unspecified atom stereocenters. The highest BCUT2D eigenvalue weighted by Crippen LogP contribution is 2.52. The lowest BCUT2D eigenvalue weighted by Crippen LogP contribution is -2.28. The van der Waals surface area contributed by atoms with Crippen LogP contribution in [0.1, 0.15) is 17.5 Å². The molecule has 2 aromatic carbocycles. The van der Waals surface area contributed by atoms with Crippen LogP contribution in [0.15, 0.2) is 53.7 Å². The van der Waals surface area contributed by atoms with Crippen LogP contribution in [0.3, 0.4) is 0 Å². The number of carbonyl (C=O) groups excluding carboxylic acids is 2. The maximum Gasteiger partial charge on any atom is 0.254 e. The Morgan fingerprint density at radius 3 is 2.29 bits per heavy atom. The first-order valence-electron chi connectivity index (χ1n) is 9.89. The van der Waals surface area contributed by atoms with Crippen LogP contribution in [0.25, 0.3) is 0 Å². The zero-order valence-electron chi connectivity index (χ0n) is 16.2. The molecule has 0 aromatic heterocycles. The minimum atomic E-state index is -0.236. The molecular weight excluding hydrogens is 642 g/mol. The molecule has 158 valence electrons. The van der Waals surface area contributed by atoms with Crippen molar-refractivity contribution in [3.05, 3.63) is 71.8 Å². The van der Waals surface area contributed by atoms with E-state index in [4.69, 9.17) is 16.3 Å². The highest BCUT2D eigenvalue weighted by molar-refractivity contribution is 14.1. The van der Waals surface area contributed by atoms with Gasteiger partial charge in [0.1, 0.15) is 12.4 Å². The lowest BCUT2D eigenvalue weighted by atomic mass is 9.85. The minimum absolute atomic E-state index is 0.174. The van der Waals surface area contributed by atoms with E-state index in [1.807, 2.05) is 36.4 Å². The summed E-state index contributed by atoms with van der Waals surface area (Å²) >= 11 is 10.6. The van der Waals surface area contributed by atoms with E-state index < -0.39 is 0 Å². The quantitative estimate of drug-likeness (QED) is 0.191. The van der Waals surface area contributed by atoms with Crippen molar-refractivity contribution in [1.29, 1.82) is 0 Å². The number of hydrogen-bond donors (Lipinski definition) is 0. The number of imide groups is 1. The number of carbonyl (C=O) groups is 2. The summed E-state index contributed by atoms with van der Waals surface area (Å²) in [5.41, 5.74) is 1.72. The summed E-state index contributed by atoms with van der Waals surface area (Å²) in [6.45, 7) is 0.370. The average Bonchev–Trinajstić information content (AvgIpc) is 3.41. The predicted molar refractivity (Wildman–Crippen MR) is 135 cm³/mol. The van der Waals surface area contributed by atoms with Gasteiger partial charge in [0, 0.05) is 10.6 Å². The molecule has 2 fully saturated rings. The molecule has 1 saturated heterocycles. The second-order valence-electron chi connectivity index (χ2n) is 7.93. The third kappa shape index (κ3) is 3.82. The van der Waals surface area contributed by atoms with Crippen molar-refractivity contribution in [2.24, 2.45) is 28.8 Å². The fourth-order valence-corrected chi connectivity index (χ4v) is 7.00. The molecule has 1 heterocycles. The molecule has 3 aliphatic rings. The van der Waals surface area contributed by atoms with Gasteiger partial charge < -0.3 is 4.74 Å². The summed E-state index contributed by atoms with van der Waals surface area (Å²) in [6, 6.07) is 11.4. The van der Waals surface area contributed by atoms with E-state index in [9.17, 15) is 9.59 Å². The molecule has 2 aliphatic carbocycles. The Morgan fingerprint density at radius 1 is 1.06 bits per heavy atom. The largest absolute Gasteiger partial charge is 0.487 e. The Kier molecular flexibility index (Phi) is 5.85. The summed E-state index contributed by atoms with van der Waals surface area (Å²) in [7, 11) is 0. The van der Waals surface area contributed by atoms with Crippen LogP contribution in [0.4, 0.5) is 0 Å². The molecule has 0 spiro atoms. The van der Waals surface area contributed by atoms with E-state index in [1.54, 1.807) is 6.21 Å². The minimum Gasteiger partial charge on any atom is -0.487 e. The van der Waals surface area contributed by atoms with Gasteiger partial charge >= 0.3 is 0 Å². The van der Waals surface area contributed by atoms with Crippen LogP contribution in [0.5, 0.6) is 5.75 Å². The first kappa shape index (κ1) is 21.4. The Balaban J connectivity index is 1.31. The van der Waals surface area contributed by atoms with E-state index in [0.717, 1.165) is 35.4 Å². The van der Waals surface area contributed by atoms with E-state index in [-0.39, 0.29) is 35.5 Å². The average molecular weight is 659 g/mol. The van der Waals surface area contributed by atoms with Crippen molar-refractivity contribution in [1.82, 2.24) is 5.01 Å². The summed E-state index contributed by atoms with van der Waals surface area (Å²) < 4.78 is 7.84. The molecule has 0 N–H and O–H groups in total. The number of amides is 2. The van der Waals surface area contributed by atoms with Crippen LogP contribution in [-0.4, -0.2) is 23.0 Å². The predicted octanol–water partition coefficient (Wildman–Crippen LogP) is 5.27. The topological polar surface area (TPSA) is 59.0 Å². The van der Waals surface area contributed by atoms with Gasteiger partial charge in [0.05, 0.1) is 25.2 Å². The summed E-state index contributed by atoms with van der Waals surface area (Å²) in [5, 5.41) is 6.01. The number of nitrogens with zero attached hydrogens (tertiary/aromatic N) is 2. The Labute approximate surface area is 212 Å². The number of benzene rings is 2. The third-order valence-electron chi connectivity index (χ3n) is 6.12. The van der Waals surface area contributed by atoms with Crippen molar-refractivity contribution in [3.8, 4) is 5.75 Å². The van der Waals surface area contributed by atoms with Crippen molar-refractivity contribution >= 4 is 74.8 Å². The highest BCUT2D eigenvalue weighted by atomic mass is 127. The number of fused-ring (bicyclic) bond motifs is 5. The molecule has 31 heavy (non-hydrogen) atoms. The molecule has 8 heteroatoms. The van der Waals surface area contributed by atoms with Crippen LogP contribution in [0, 0.1) is 30.8 Å². The maximum absolute atomic E-state index is 12.8. The molecule has 5 nitrogen and oxygen atoms in total. The van der Waals surface area contributed by atoms with Gasteiger partial charge in [-0.1, -0.05) is 42.0 Å². The molecule has 1 aliphatic heterocycles. The van der Waals surface area contributed by atoms with Gasteiger partial charge in [-0.2, -0.15) is 10.1 Å². The zero-order chi connectivity index (χ0) is 21.7. The standard InChI is InChI=1S/C23H17ClI2N2O3/c24-16-4-2-1-3-15(16)11-31-21-17(25)7-12(8-18(21)26)10-27-28-22(29)19-13-5-6-14(9-13)20(19)23(28)30/h1-8,10,13-14,19-20H,9,11H2/b27-10-/t13-,14-,19-,20+/m0/s1. The molecule has 5 rings (SSSR count). The van der Waals surface area contributed by atoms with E-state index in [2.05, 4.69) is 62.4 Å². The van der Waals surface area contributed by atoms with E-state index >= 15 is 0 Å². The van der Waals surface area contributed by atoms with Gasteiger partial charge in [0.25, 0.3) is 11.8 Å². The van der Waals surface area contributed by atoms with Crippen molar-refractivity contribution < 1.29 is 14.3 Å². The van der Waals surface area contributed by atoms with Gasteiger partial charge in [-0.3, -0.25) is 9.59 Å². The van der Waals surface area contributed by atoms with Crippen LogP contribution in [0.2, 0.25) is 5.02 Å². The number of allylic oxidation sites excluding steroid dienone is 2. The Hall–Kier alpha value is -1.46.